The number of H-pyrrole nitrogens is 1. The molecule has 1 nitrogen and oxygen atoms in total. The molecule has 1 heterocycles. The molecule has 0 unspecified atom stereocenters. The van der Waals surface area contributed by atoms with Gasteiger partial charge in [0.25, 0.3) is 0 Å². The first kappa shape index (κ1) is 15.4. The van der Waals surface area contributed by atoms with Crippen LogP contribution in [0.5, 0.6) is 0 Å². The van der Waals surface area contributed by atoms with Gasteiger partial charge in [-0.3, -0.25) is 4.39 Å². The number of nitrogens with one attached hydrogen (secondary N) is 1. The zero-order chi connectivity index (χ0) is 13.3. The van der Waals surface area contributed by atoms with E-state index in [1.165, 1.54) is 22.4 Å². The van der Waals surface area contributed by atoms with E-state index in [0.717, 1.165) is 0 Å². The Morgan fingerprint density at radius 1 is 1.00 bits per heavy atom. The highest BCUT2D eigenvalue weighted by atomic mass is 19.1. The maximum atomic E-state index is 9.50. The molecule has 0 aliphatic heterocycles. The van der Waals surface area contributed by atoms with Gasteiger partial charge >= 0.3 is 0 Å². The Morgan fingerprint density at radius 3 is 2.18 bits per heavy atom. The molecule has 2 heteroatoms. The van der Waals surface area contributed by atoms with E-state index < -0.39 is 0 Å². The minimum atomic E-state index is 0.500. The van der Waals surface area contributed by atoms with E-state index in [4.69, 9.17) is 0 Å². The average Bonchev–Trinajstić information content (AvgIpc) is 2.91. The second-order valence-electron chi connectivity index (χ2n) is 3.40. The Bertz CT molecular complexity index is 405. The summed E-state index contributed by atoms with van der Waals surface area (Å²) in [6, 6.07) is 10.6. The maximum absolute atomic E-state index is 9.50. The second kappa shape index (κ2) is 8.57. The van der Waals surface area contributed by atoms with Gasteiger partial charge in [-0.2, -0.15) is 0 Å². The lowest BCUT2D eigenvalue weighted by atomic mass is 10.0. The summed E-state index contributed by atoms with van der Waals surface area (Å²) in [5.41, 5.74) is 5.11. The molecule has 94 valence electrons. The first-order chi connectivity index (χ1) is 8.27. The summed E-state index contributed by atoms with van der Waals surface area (Å²) in [6.45, 7) is 8.25. The highest BCUT2D eigenvalue weighted by Crippen LogP contribution is 2.22. The number of aromatic nitrogens is 1. The van der Waals surface area contributed by atoms with Gasteiger partial charge in [0.15, 0.2) is 0 Å². The molecule has 1 N–H and O–H groups in total. The molecular formula is C15H22FN. The van der Waals surface area contributed by atoms with Crippen molar-refractivity contribution in [1.29, 1.82) is 0 Å². The van der Waals surface area contributed by atoms with Gasteiger partial charge in [-0.1, -0.05) is 31.5 Å². The van der Waals surface area contributed by atoms with E-state index in [2.05, 4.69) is 43.1 Å². The summed E-state index contributed by atoms with van der Waals surface area (Å²) in [7, 11) is 0.500. The number of halogens is 1. The van der Waals surface area contributed by atoms with Crippen LogP contribution in [0, 0.1) is 13.8 Å². The largest absolute Gasteiger partial charge is 0.361 e. The van der Waals surface area contributed by atoms with E-state index in [0.29, 0.717) is 7.18 Å². The van der Waals surface area contributed by atoms with Crippen LogP contribution >= 0.6 is 0 Å². The Morgan fingerprint density at radius 2 is 1.65 bits per heavy atom. The molecule has 1 aromatic carbocycles. The summed E-state index contributed by atoms with van der Waals surface area (Å²) >= 11 is 0. The molecule has 0 aliphatic rings. The first-order valence-corrected chi connectivity index (χ1v) is 5.86. The lowest BCUT2D eigenvalue weighted by Crippen LogP contribution is -1.84. The van der Waals surface area contributed by atoms with E-state index in [1.54, 1.807) is 0 Å². The minimum Gasteiger partial charge on any atom is -0.361 e. The van der Waals surface area contributed by atoms with Gasteiger partial charge in [-0.05, 0) is 37.6 Å². The van der Waals surface area contributed by atoms with Crippen LogP contribution in [0.1, 0.15) is 25.0 Å². The van der Waals surface area contributed by atoms with Crippen molar-refractivity contribution in [3.05, 3.63) is 47.7 Å². The van der Waals surface area contributed by atoms with Crippen LogP contribution in [0.4, 0.5) is 4.39 Å². The second-order valence-corrected chi connectivity index (χ2v) is 3.40. The average molecular weight is 235 g/mol. The van der Waals surface area contributed by atoms with Gasteiger partial charge < -0.3 is 4.98 Å². The molecule has 0 radical (unpaired) electrons. The number of benzene rings is 1. The fourth-order valence-electron chi connectivity index (χ4n) is 1.52. The monoisotopic (exact) mass is 235 g/mol. The van der Waals surface area contributed by atoms with Crippen molar-refractivity contribution in [2.75, 3.05) is 7.18 Å². The van der Waals surface area contributed by atoms with Gasteiger partial charge in [0.1, 0.15) is 0 Å². The zero-order valence-corrected chi connectivity index (χ0v) is 11.3. The van der Waals surface area contributed by atoms with Crippen molar-refractivity contribution in [2.24, 2.45) is 0 Å². The smallest absolute Gasteiger partial charge is 0.0785 e. The van der Waals surface area contributed by atoms with Gasteiger partial charge in [-0.25, -0.2) is 0 Å². The summed E-state index contributed by atoms with van der Waals surface area (Å²) in [6.07, 6.45) is 1.96. The number of aromatic amines is 1. The standard InChI is InChI=1S/C12H13N.C2H6.CH3F/c1-9-5-6-10(2)11(8-9)12-4-3-7-13-12;2*1-2/h3-8,13H,1-2H3;1-2H3;1H3. The summed E-state index contributed by atoms with van der Waals surface area (Å²) in [5, 5.41) is 0. The predicted molar refractivity (Wildman–Crippen MR) is 74.1 cm³/mol. The third kappa shape index (κ3) is 4.43. The number of rotatable bonds is 1. The van der Waals surface area contributed by atoms with Crippen LogP contribution in [0.25, 0.3) is 11.3 Å². The molecule has 0 saturated heterocycles. The van der Waals surface area contributed by atoms with Crippen molar-refractivity contribution in [1.82, 2.24) is 4.98 Å². The van der Waals surface area contributed by atoms with E-state index in [1.807, 2.05) is 26.1 Å². The Labute approximate surface area is 104 Å². The molecule has 0 spiro atoms. The fourth-order valence-corrected chi connectivity index (χ4v) is 1.52. The molecule has 2 aromatic rings. The van der Waals surface area contributed by atoms with Crippen molar-refractivity contribution in [3.63, 3.8) is 0 Å². The fraction of sp³-hybridized carbons (Fsp3) is 0.333. The quantitative estimate of drug-likeness (QED) is 0.722. The van der Waals surface area contributed by atoms with Crippen LogP contribution in [0.3, 0.4) is 0 Å². The van der Waals surface area contributed by atoms with Crippen LogP contribution in [-0.4, -0.2) is 12.2 Å². The number of alkyl halides is 1. The van der Waals surface area contributed by atoms with Crippen LogP contribution < -0.4 is 0 Å². The molecule has 2 rings (SSSR count). The number of aryl methyl sites for hydroxylation is 2. The molecule has 0 bridgehead atoms. The Kier molecular flexibility index (Phi) is 7.78. The zero-order valence-electron chi connectivity index (χ0n) is 11.3. The van der Waals surface area contributed by atoms with Crippen LogP contribution in [0.2, 0.25) is 0 Å². The van der Waals surface area contributed by atoms with Gasteiger partial charge in [0.2, 0.25) is 0 Å². The van der Waals surface area contributed by atoms with E-state index >= 15 is 0 Å². The molecule has 0 saturated carbocycles. The third-order valence-electron chi connectivity index (χ3n) is 2.28. The van der Waals surface area contributed by atoms with Gasteiger partial charge in [-0.15, -0.1) is 0 Å². The third-order valence-corrected chi connectivity index (χ3v) is 2.28. The topological polar surface area (TPSA) is 15.8 Å². The van der Waals surface area contributed by atoms with E-state index in [9.17, 15) is 4.39 Å². The normalized spacial score (nSPS) is 8.59. The number of hydrogen-bond donors (Lipinski definition) is 1. The molecule has 0 atom stereocenters. The van der Waals surface area contributed by atoms with Crippen LogP contribution in [-0.2, 0) is 0 Å². The van der Waals surface area contributed by atoms with E-state index in [-0.39, 0.29) is 0 Å². The van der Waals surface area contributed by atoms with Crippen molar-refractivity contribution < 1.29 is 4.39 Å². The van der Waals surface area contributed by atoms with Gasteiger partial charge in [0, 0.05) is 17.5 Å². The number of hydrogen-bond acceptors (Lipinski definition) is 0. The minimum absolute atomic E-state index is 0.500. The first-order valence-electron chi connectivity index (χ1n) is 5.86. The predicted octanol–water partition coefficient (Wildman–Crippen LogP) is 4.91. The molecule has 0 fully saturated rings. The molecule has 0 aliphatic carbocycles. The van der Waals surface area contributed by atoms with Crippen molar-refractivity contribution >= 4 is 0 Å². The molecule has 0 amide bonds. The van der Waals surface area contributed by atoms with Crippen molar-refractivity contribution in [3.8, 4) is 11.3 Å². The summed E-state index contributed by atoms with van der Waals surface area (Å²) in [4.78, 5) is 3.22. The lowest BCUT2D eigenvalue weighted by Gasteiger charge is -2.04. The van der Waals surface area contributed by atoms with Crippen LogP contribution in [0.15, 0.2) is 36.5 Å². The SMILES string of the molecule is CC.CF.Cc1ccc(C)c(-c2ccc[nH]2)c1. The lowest BCUT2D eigenvalue weighted by molar-refractivity contribution is 0.636. The molecule has 17 heavy (non-hydrogen) atoms. The summed E-state index contributed by atoms with van der Waals surface area (Å²) in [5.74, 6) is 0. The van der Waals surface area contributed by atoms with Crippen molar-refractivity contribution in [2.45, 2.75) is 27.7 Å². The maximum Gasteiger partial charge on any atom is 0.0785 e. The Hall–Kier alpha value is -1.57. The highest BCUT2D eigenvalue weighted by Gasteiger charge is 2.01. The highest BCUT2D eigenvalue weighted by molar-refractivity contribution is 5.64. The summed E-state index contributed by atoms with van der Waals surface area (Å²) < 4.78 is 9.50. The molecular weight excluding hydrogens is 213 g/mol. The van der Waals surface area contributed by atoms with Gasteiger partial charge in [0.05, 0.1) is 7.18 Å². The Balaban J connectivity index is 0.000000581. The molecule has 1 aromatic heterocycles.